The van der Waals surface area contributed by atoms with Crippen LogP contribution < -0.4 is 10.1 Å². The van der Waals surface area contributed by atoms with E-state index < -0.39 is 0 Å². The highest BCUT2D eigenvalue weighted by Crippen LogP contribution is 2.34. The fraction of sp³-hybridized carbons (Fsp3) is 0.263. The van der Waals surface area contributed by atoms with E-state index >= 15 is 0 Å². The minimum atomic E-state index is -0.319. The molecule has 25 heavy (non-hydrogen) atoms. The summed E-state index contributed by atoms with van der Waals surface area (Å²) in [5, 5.41) is 3.87. The van der Waals surface area contributed by atoms with Crippen LogP contribution in [0.15, 0.2) is 48.5 Å². The Bertz CT molecular complexity index is 779. The minimum Gasteiger partial charge on any atom is -0.427 e. The molecule has 130 valence electrons. The number of amides is 1. The molecule has 1 fully saturated rings. The molecule has 1 N–H and O–H groups in total. The molecule has 2 atom stereocenters. The van der Waals surface area contributed by atoms with Crippen molar-refractivity contribution in [1.29, 1.82) is 0 Å². The predicted octanol–water partition coefficient (Wildman–Crippen LogP) is 4.35. The van der Waals surface area contributed by atoms with Crippen molar-refractivity contribution < 1.29 is 14.3 Å². The molecule has 0 saturated carbocycles. The third kappa shape index (κ3) is 4.53. The normalized spacial score (nSPS) is 19.5. The maximum atomic E-state index is 12.0. The molecule has 2 unspecified atom stereocenters. The number of esters is 1. The molecule has 0 aliphatic carbocycles. The molecular formula is C19H17Cl2NO3. The molecule has 0 radical (unpaired) electrons. The number of carbonyl (C=O) groups is 2. The maximum Gasteiger partial charge on any atom is 0.311 e. The Hall–Kier alpha value is -2.04. The van der Waals surface area contributed by atoms with Gasteiger partial charge in [-0.05, 0) is 36.2 Å². The first-order valence-electron chi connectivity index (χ1n) is 8.03. The van der Waals surface area contributed by atoms with Gasteiger partial charge in [0.2, 0.25) is 5.91 Å². The summed E-state index contributed by atoms with van der Waals surface area (Å²) in [6.45, 7) is 0. The van der Waals surface area contributed by atoms with Crippen LogP contribution in [0.3, 0.4) is 0 Å². The van der Waals surface area contributed by atoms with Crippen LogP contribution in [-0.4, -0.2) is 17.9 Å². The Balaban J connectivity index is 1.63. The highest BCUT2D eigenvalue weighted by Gasteiger charge is 2.33. The second-order valence-electron chi connectivity index (χ2n) is 5.98. The van der Waals surface area contributed by atoms with Gasteiger partial charge in [-0.15, -0.1) is 0 Å². The van der Waals surface area contributed by atoms with E-state index in [0.717, 1.165) is 5.56 Å². The van der Waals surface area contributed by atoms with Crippen LogP contribution in [-0.2, 0) is 9.59 Å². The standard InChI is InChI=1S/C19H17Cl2NO3/c20-15-7-6-12(10-16(15)21)14-11-18(23)22-17(14)8-9-19(24)25-13-4-2-1-3-5-13/h1-7,10,14,17H,8-9,11H2,(H,22,23). The maximum absolute atomic E-state index is 12.0. The first-order chi connectivity index (χ1) is 12.0. The molecule has 1 amide bonds. The van der Waals surface area contributed by atoms with E-state index in [-0.39, 0.29) is 30.3 Å². The fourth-order valence-electron chi connectivity index (χ4n) is 3.02. The van der Waals surface area contributed by atoms with Crippen molar-refractivity contribution in [3.8, 4) is 5.75 Å². The van der Waals surface area contributed by atoms with Gasteiger partial charge in [0.1, 0.15) is 5.75 Å². The minimum absolute atomic E-state index is 0.0301. The van der Waals surface area contributed by atoms with E-state index in [1.165, 1.54) is 0 Å². The number of halogens is 2. The lowest BCUT2D eigenvalue weighted by atomic mass is 9.89. The SMILES string of the molecule is O=C1CC(c2ccc(Cl)c(Cl)c2)C(CCC(=O)Oc2ccccc2)N1. The van der Waals surface area contributed by atoms with Crippen molar-refractivity contribution >= 4 is 35.1 Å². The van der Waals surface area contributed by atoms with Crippen molar-refractivity contribution in [3.05, 3.63) is 64.1 Å². The average molecular weight is 378 g/mol. The second kappa shape index (κ2) is 7.89. The van der Waals surface area contributed by atoms with Crippen LogP contribution in [0.25, 0.3) is 0 Å². The topological polar surface area (TPSA) is 55.4 Å². The van der Waals surface area contributed by atoms with E-state index in [4.69, 9.17) is 27.9 Å². The van der Waals surface area contributed by atoms with Gasteiger partial charge < -0.3 is 10.1 Å². The van der Waals surface area contributed by atoms with Crippen LogP contribution in [0, 0.1) is 0 Å². The van der Waals surface area contributed by atoms with Crippen LogP contribution in [0.5, 0.6) is 5.75 Å². The van der Waals surface area contributed by atoms with Crippen molar-refractivity contribution in [2.24, 2.45) is 0 Å². The number of nitrogens with one attached hydrogen (secondary N) is 1. The molecular weight excluding hydrogens is 361 g/mol. The monoisotopic (exact) mass is 377 g/mol. The van der Waals surface area contributed by atoms with Crippen molar-refractivity contribution in [2.45, 2.75) is 31.2 Å². The number of rotatable bonds is 5. The Labute approximate surface area is 156 Å². The van der Waals surface area contributed by atoms with E-state index in [1.807, 2.05) is 12.1 Å². The summed E-state index contributed by atoms with van der Waals surface area (Å²) in [6.07, 6.45) is 1.09. The highest BCUT2D eigenvalue weighted by atomic mass is 35.5. The lowest BCUT2D eigenvalue weighted by Gasteiger charge is -2.19. The van der Waals surface area contributed by atoms with E-state index in [1.54, 1.807) is 36.4 Å². The summed E-state index contributed by atoms with van der Waals surface area (Å²) in [4.78, 5) is 23.9. The van der Waals surface area contributed by atoms with Crippen LogP contribution in [0.1, 0.15) is 30.7 Å². The lowest BCUT2D eigenvalue weighted by molar-refractivity contribution is -0.134. The van der Waals surface area contributed by atoms with E-state index in [0.29, 0.717) is 28.6 Å². The summed E-state index contributed by atoms with van der Waals surface area (Å²) >= 11 is 12.0. The third-order valence-corrected chi connectivity index (χ3v) is 4.98. The highest BCUT2D eigenvalue weighted by molar-refractivity contribution is 6.42. The molecule has 1 aliphatic heterocycles. The van der Waals surface area contributed by atoms with Crippen LogP contribution in [0.4, 0.5) is 0 Å². The Kier molecular flexibility index (Phi) is 5.61. The summed E-state index contributed by atoms with van der Waals surface area (Å²) in [6, 6.07) is 14.2. The number of para-hydroxylation sites is 1. The molecule has 0 spiro atoms. The zero-order valence-electron chi connectivity index (χ0n) is 13.4. The van der Waals surface area contributed by atoms with Crippen molar-refractivity contribution in [2.75, 3.05) is 0 Å². The van der Waals surface area contributed by atoms with Gasteiger partial charge in [0.15, 0.2) is 0 Å². The summed E-state index contributed by atoms with van der Waals surface area (Å²) in [7, 11) is 0. The number of carbonyl (C=O) groups excluding carboxylic acids is 2. The molecule has 3 rings (SSSR count). The van der Waals surface area contributed by atoms with Gasteiger partial charge in [-0.3, -0.25) is 9.59 Å². The first-order valence-corrected chi connectivity index (χ1v) is 8.78. The zero-order chi connectivity index (χ0) is 17.8. The molecule has 6 heteroatoms. The third-order valence-electron chi connectivity index (χ3n) is 4.24. The zero-order valence-corrected chi connectivity index (χ0v) is 14.9. The number of benzene rings is 2. The van der Waals surface area contributed by atoms with E-state index in [2.05, 4.69) is 5.32 Å². The van der Waals surface area contributed by atoms with Gasteiger partial charge in [0, 0.05) is 24.8 Å². The quantitative estimate of drug-likeness (QED) is 0.622. The Morgan fingerprint density at radius 1 is 1.12 bits per heavy atom. The van der Waals surface area contributed by atoms with Gasteiger partial charge in [0.25, 0.3) is 0 Å². The molecule has 1 aliphatic rings. The Morgan fingerprint density at radius 2 is 1.88 bits per heavy atom. The molecule has 0 aromatic heterocycles. The first kappa shape index (κ1) is 17.8. The largest absolute Gasteiger partial charge is 0.427 e. The molecule has 2 aromatic carbocycles. The average Bonchev–Trinajstić information content (AvgIpc) is 2.97. The Morgan fingerprint density at radius 3 is 2.60 bits per heavy atom. The molecule has 1 saturated heterocycles. The number of hydrogen-bond donors (Lipinski definition) is 1. The van der Waals surface area contributed by atoms with Crippen LogP contribution in [0.2, 0.25) is 10.0 Å². The summed E-state index contributed by atoms with van der Waals surface area (Å²) in [5.41, 5.74) is 0.939. The van der Waals surface area contributed by atoms with Gasteiger partial charge >= 0.3 is 5.97 Å². The van der Waals surface area contributed by atoms with Crippen molar-refractivity contribution in [3.63, 3.8) is 0 Å². The molecule has 1 heterocycles. The number of ether oxygens (including phenoxy) is 1. The molecule has 2 aromatic rings. The van der Waals surface area contributed by atoms with E-state index in [9.17, 15) is 9.59 Å². The van der Waals surface area contributed by atoms with Gasteiger partial charge in [-0.25, -0.2) is 0 Å². The molecule has 4 nitrogen and oxygen atoms in total. The van der Waals surface area contributed by atoms with Gasteiger partial charge in [-0.1, -0.05) is 47.5 Å². The van der Waals surface area contributed by atoms with Crippen molar-refractivity contribution in [1.82, 2.24) is 5.32 Å². The van der Waals surface area contributed by atoms with Gasteiger partial charge in [-0.2, -0.15) is 0 Å². The lowest BCUT2D eigenvalue weighted by Crippen LogP contribution is -2.29. The van der Waals surface area contributed by atoms with Gasteiger partial charge in [0.05, 0.1) is 10.0 Å². The summed E-state index contributed by atoms with van der Waals surface area (Å²) < 4.78 is 5.29. The molecule has 0 bridgehead atoms. The smallest absolute Gasteiger partial charge is 0.311 e. The fourth-order valence-corrected chi connectivity index (χ4v) is 3.33. The van der Waals surface area contributed by atoms with Crippen LogP contribution >= 0.6 is 23.2 Å². The predicted molar refractivity (Wildman–Crippen MR) is 97.1 cm³/mol. The summed E-state index contributed by atoms with van der Waals surface area (Å²) in [5.74, 6) is 0.133. The number of hydrogen-bond acceptors (Lipinski definition) is 3. The second-order valence-corrected chi connectivity index (χ2v) is 6.80.